The Morgan fingerprint density at radius 2 is 1.74 bits per heavy atom. The highest BCUT2D eigenvalue weighted by Gasteiger charge is 2.42. The second-order valence-corrected chi connectivity index (χ2v) is 8.28. The van der Waals surface area contributed by atoms with E-state index in [1.165, 1.54) is 6.92 Å². The highest BCUT2D eigenvalue weighted by Crippen LogP contribution is 2.39. The van der Waals surface area contributed by atoms with Gasteiger partial charge in [0.25, 0.3) is 0 Å². The average Bonchev–Trinajstić information content (AvgIpc) is 2.71. The zero-order chi connectivity index (χ0) is 22.8. The standard InChI is InChI=1S/C22H24F3NO5/c1-21(26(29)30,11-10-20(27)28)17-4-2-15-13-19(7-3-14(15)12-17)31-18-8-5-16(6-9-18)22(23,24)25/h2-4,7,12-13,16,18H,5-6,8-11H2,1H3,(H,27,28). The summed E-state index contributed by atoms with van der Waals surface area (Å²) in [5, 5.41) is 22.1. The minimum atomic E-state index is -4.16. The number of nitro groups is 1. The molecule has 1 N–H and O–H groups in total. The Morgan fingerprint density at radius 3 is 2.32 bits per heavy atom. The lowest BCUT2D eigenvalue weighted by atomic mass is 9.86. The molecule has 1 aliphatic carbocycles. The molecular formula is C22H24F3NO5. The largest absolute Gasteiger partial charge is 0.490 e. The van der Waals surface area contributed by atoms with E-state index < -0.39 is 28.5 Å². The Labute approximate surface area is 177 Å². The van der Waals surface area contributed by atoms with Crippen molar-refractivity contribution >= 4 is 16.7 Å². The Balaban J connectivity index is 1.74. The van der Waals surface area contributed by atoms with Gasteiger partial charge in [-0.25, -0.2) is 0 Å². The number of hydrogen-bond acceptors (Lipinski definition) is 4. The zero-order valence-electron chi connectivity index (χ0n) is 17.0. The van der Waals surface area contributed by atoms with Crippen molar-refractivity contribution in [3.8, 4) is 5.75 Å². The molecule has 0 aromatic heterocycles. The summed E-state index contributed by atoms with van der Waals surface area (Å²) in [4.78, 5) is 22.1. The molecule has 0 aliphatic heterocycles. The summed E-state index contributed by atoms with van der Waals surface area (Å²) >= 11 is 0. The third-order valence-corrected chi connectivity index (χ3v) is 6.10. The van der Waals surface area contributed by atoms with Crippen molar-refractivity contribution in [1.29, 1.82) is 0 Å². The van der Waals surface area contributed by atoms with E-state index in [2.05, 4.69) is 0 Å². The number of halogens is 3. The fraction of sp³-hybridized carbons (Fsp3) is 0.500. The van der Waals surface area contributed by atoms with Gasteiger partial charge in [-0.05, 0) is 54.7 Å². The molecule has 1 atom stereocenters. The second kappa shape index (κ2) is 8.72. The van der Waals surface area contributed by atoms with Gasteiger partial charge in [0.05, 0.1) is 18.4 Å². The van der Waals surface area contributed by atoms with Crippen molar-refractivity contribution in [3.05, 3.63) is 52.1 Å². The first-order valence-electron chi connectivity index (χ1n) is 10.1. The van der Waals surface area contributed by atoms with Crippen LogP contribution in [0.25, 0.3) is 10.8 Å². The van der Waals surface area contributed by atoms with Crippen LogP contribution in [-0.4, -0.2) is 28.3 Å². The quantitative estimate of drug-likeness (QED) is 0.442. The molecule has 1 unspecified atom stereocenters. The SMILES string of the molecule is CC(CCC(=O)O)(c1ccc2cc(OC3CCC(C(F)(F)F)CC3)ccc2c1)[N+](=O)[O-]. The van der Waals surface area contributed by atoms with Crippen LogP contribution in [-0.2, 0) is 10.3 Å². The second-order valence-electron chi connectivity index (χ2n) is 8.28. The van der Waals surface area contributed by atoms with Gasteiger partial charge < -0.3 is 9.84 Å². The smallest absolute Gasteiger partial charge is 0.391 e. The fourth-order valence-electron chi connectivity index (χ4n) is 4.02. The number of nitrogens with zero attached hydrogens (tertiary/aromatic N) is 1. The van der Waals surface area contributed by atoms with Gasteiger partial charge in [-0.3, -0.25) is 14.9 Å². The summed E-state index contributed by atoms with van der Waals surface area (Å²) in [7, 11) is 0. The van der Waals surface area contributed by atoms with E-state index in [4.69, 9.17) is 9.84 Å². The van der Waals surface area contributed by atoms with E-state index in [0.29, 0.717) is 24.2 Å². The van der Waals surface area contributed by atoms with E-state index in [0.717, 1.165) is 10.8 Å². The van der Waals surface area contributed by atoms with Crippen LogP contribution in [0, 0.1) is 16.0 Å². The van der Waals surface area contributed by atoms with Crippen molar-refractivity contribution < 1.29 is 32.7 Å². The first-order chi connectivity index (χ1) is 14.5. The van der Waals surface area contributed by atoms with Crippen molar-refractivity contribution in [2.45, 2.75) is 63.3 Å². The summed E-state index contributed by atoms with van der Waals surface area (Å²) in [5.74, 6) is -1.82. The molecule has 31 heavy (non-hydrogen) atoms. The maximum Gasteiger partial charge on any atom is 0.391 e. The van der Waals surface area contributed by atoms with Crippen LogP contribution in [0.5, 0.6) is 5.75 Å². The molecule has 0 amide bonds. The summed E-state index contributed by atoms with van der Waals surface area (Å²) in [5.41, 5.74) is -1.12. The molecule has 168 valence electrons. The van der Waals surface area contributed by atoms with E-state index in [1.54, 1.807) is 36.4 Å². The fourth-order valence-corrected chi connectivity index (χ4v) is 4.02. The Bertz CT molecular complexity index is 969. The molecule has 1 aliphatic rings. The third-order valence-electron chi connectivity index (χ3n) is 6.10. The number of fused-ring (bicyclic) bond motifs is 1. The molecule has 1 saturated carbocycles. The number of ether oxygens (including phenoxy) is 1. The van der Waals surface area contributed by atoms with Crippen LogP contribution < -0.4 is 4.74 Å². The van der Waals surface area contributed by atoms with Crippen LogP contribution >= 0.6 is 0 Å². The molecule has 2 aromatic rings. The lowest BCUT2D eigenvalue weighted by Crippen LogP contribution is -2.32. The van der Waals surface area contributed by atoms with Crippen LogP contribution in [0.4, 0.5) is 13.2 Å². The molecule has 6 nitrogen and oxygen atoms in total. The molecular weight excluding hydrogens is 415 g/mol. The maximum atomic E-state index is 12.8. The number of benzene rings is 2. The molecule has 3 rings (SSSR count). The van der Waals surface area contributed by atoms with Crippen molar-refractivity contribution in [3.63, 3.8) is 0 Å². The van der Waals surface area contributed by atoms with E-state index in [-0.39, 0.29) is 31.8 Å². The first-order valence-corrected chi connectivity index (χ1v) is 10.1. The number of carbonyl (C=O) groups is 1. The van der Waals surface area contributed by atoms with Gasteiger partial charge in [0.1, 0.15) is 5.75 Å². The molecule has 2 aromatic carbocycles. The molecule has 9 heteroatoms. The highest BCUT2D eigenvalue weighted by molar-refractivity contribution is 5.84. The number of carboxylic acids is 1. The van der Waals surface area contributed by atoms with Gasteiger partial charge in [0.15, 0.2) is 0 Å². The average molecular weight is 439 g/mol. The van der Waals surface area contributed by atoms with Gasteiger partial charge in [-0.1, -0.05) is 18.2 Å². The minimum absolute atomic E-state index is 0.0565. The van der Waals surface area contributed by atoms with Crippen molar-refractivity contribution in [2.24, 2.45) is 5.92 Å². The van der Waals surface area contributed by atoms with Gasteiger partial charge in [0, 0.05) is 23.8 Å². The number of alkyl halides is 3. The lowest BCUT2D eigenvalue weighted by Gasteiger charge is -2.30. The Hall–Kier alpha value is -2.84. The summed E-state index contributed by atoms with van der Waals surface area (Å²) in [6.45, 7) is 1.41. The molecule has 1 fully saturated rings. The van der Waals surface area contributed by atoms with E-state index >= 15 is 0 Å². The van der Waals surface area contributed by atoms with Gasteiger partial charge in [-0.15, -0.1) is 0 Å². The van der Waals surface area contributed by atoms with Crippen LogP contribution in [0.2, 0.25) is 0 Å². The summed E-state index contributed by atoms with van der Waals surface area (Å²) in [6, 6.07) is 10.2. The Kier molecular flexibility index (Phi) is 6.43. The van der Waals surface area contributed by atoms with Crippen LogP contribution in [0.15, 0.2) is 36.4 Å². The van der Waals surface area contributed by atoms with Gasteiger partial charge in [0.2, 0.25) is 5.54 Å². The van der Waals surface area contributed by atoms with E-state index in [9.17, 15) is 28.1 Å². The van der Waals surface area contributed by atoms with Crippen LogP contribution in [0.3, 0.4) is 0 Å². The molecule has 0 saturated heterocycles. The molecule has 0 heterocycles. The van der Waals surface area contributed by atoms with Crippen molar-refractivity contribution in [1.82, 2.24) is 0 Å². The number of hydrogen-bond donors (Lipinski definition) is 1. The normalized spacial score (nSPS) is 21.4. The monoisotopic (exact) mass is 439 g/mol. The first kappa shape index (κ1) is 22.8. The number of aliphatic carboxylic acids is 1. The molecule has 0 radical (unpaired) electrons. The topological polar surface area (TPSA) is 89.7 Å². The Morgan fingerprint density at radius 1 is 1.13 bits per heavy atom. The summed E-state index contributed by atoms with van der Waals surface area (Å²) in [6.07, 6.45) is -4.10. The molecule has 0 bridgehead atoms. The number of rotatable bonds is 7. The highest BCUT2D eigenvalue weighted by atomic mass is 19.4. The molecule has 0 spiro atoms. The number of carboxylic acid groups (broad SMARTS) is 1. The summed E-state index contributed by atoms with van der Waals surface area (Å²) < 4.78 is 44.3. The minimum Gasteiger partial charge on any atom is -0.490 e. The predicted molar refractivity (Wildman–Crippen MR) is 108 cm³/mol. The van der Waals surface area contributed by atoms with E-state index in [1.807, 2.05) is 0 Å². The maximum absolute atomic E-state index is 12.8. The third kappa shape index (κ3) is 5.26. The van der Waals surface area contributed by atoms with Gasteiger partial charge >= 0.3 is 12.1 Å². The zero-order valence-corrected chi connectivity index (χ0v) is 17.0. The van der Waals surface area contributed by atoms with Gasteiger partial charge in [-0.2, -0.15) is 13.2 Å². The lowest BCUT2D eigenvalue weighted by molar-refractivity contribution is -0.575. The van der Waals surface area contributed by atoms with Crippen LogP contribution in [0.1, 0.15) is 51.0 Å². The predicted octanol–water partition coefficient (Wildman–Crippen LogP) is 5.70. The van der Waals surface area contributed by atoms with Crippen molar-refractivity contribution in [2.75, 3.05) is 0 Å².